The molecule has 0 aliphatic carbocycles. The summed E-state index contributed by atoms with van der Waals surface area (Å²) in [6.45, 7) is 2.55. The van der Waals surface area contributed by atoms with Crippen molar-refractivity contribution in [3.8, 4) is 0 Å². The van der Waals surface area contributed by atoms with Crippen LogP contribution in [0.3, 0.4) is 0 Å². The number of carbonyl (C=O) groups is 1. The van der Waals surface area contributed by atoms with E-state index in [9.17, 15) is 4.79 Å². The average Bonchev–Trinajstić information content (AvgIpc) is 3.08. The Morgan fingerprint density at radius 3 is 3.19 bits per heavy atom. The molecule has 21 heavy (non-hydrogen) atoms. The minimum Gasteiger partial charge on any atom is -0.384 e. The first-order valence-electron chi connectivity index (χ1n) is 6.90. The number of methoxy groups -OCH3 is 1. The number of fused-ring (bicyclic) bond motifs is 1. The summed E-state index contributed by atoms with van der Waals surface area (Å²) in [5.74, 6) is 1.21. The predicted octanol–water partition coefficient (Wildman–Crippen LogP) is 1.19. The molecule has 0 aromatic carbocycles. The standard InChI is InChI=1S/C14H18N4O2S/c1-20-8-12-5-17(7-13-15-10-16-18(13)6-12)14(19)4-11-2-3-21-9-11/h2-3,9-10,12H,4-8H2,1H3/t12-/m1/s1. The summed E-state index contributed by atoms with van der Waals surface area (Å²) >= 11 is 1.61. The molecule has 2 aromatic rings. The molecule has 0 fully saturated rings. The van der Waals surface area contributed by atoms with Crippen LogP contribution in [0, 0.1) is 5.92 Å². The molecule has 6 nitrogen and oxygen atoms in total. The molecule has 1 aliphatic heterocycles. The summed E-state index contributed by atoms with van der Waals surface area (Å²) in [6, 6.07) is 2.00. The number of aromatic nitrogens is 3. The second-order valence-corrected chi connectivity index (χ2v) is 6.04. The summed E-state index contributed by atoms with van der Waals surface area (Å²) in [7, 11) is 1.69. The maximum absolute atomic E-state index is 12.5. The molecule has 0 unspecified atom stereocenters. The lowest BCUT2D eigenvalue weighted by molar-refractivity contribution is -0.131. The Labute approximate surface area is 127 Å². The predicted molar refractivity (Wildman–Crippen MR) is 78.8 cm³/mol. The number of nitrogens with zero attached hydrogens (tertiary/aromatic N) is 4. The number of hydrogen-bond acceptors (Lipinski definition) is 5. The van der Waals surface area contributed by atoms with Gasteiger partial charge in [0.05, 0.1) is 19.6 Å². The van der Waals surface area contributed by atoms with Gasteiger partial charge in [-0.05, 0) is 22.4 Å². The van der Waals surface area contributed by atoms with E-state index in [1.54, 1.807) is 24.8 Å². The van der Waals surface area contributed by atoms with Crippen LogP contribution >= 0.6 is 11.3 Å². The van der Waals surface area contributed by atoms with E-state index >= 15 is 0 Å². The van der Waals surface area contributed by atoms with Crippen LogP contribution in [0.5, 0.6) is 0 Å². The van der Waals surface area contributed by atoms with Crippen molar-refractivity contribution in [3.05, 3.63) is 34.5 Å². The summed E-state index contributed by atoms with van der Waals surface area (Å²) in [6.07, 6.45) is 1.99. The number of ether oxygens (including phenoxy) is 1. The molecular weight excluding hydrogens is 288 g/mol. The van der Waals surface area contributed by atoms with Gasteiger partial charge < -0.3 is 9.64 Å². The van der Waals surface area contributed by atoms with Gasteiger partial charge in [0.25, 0.3) is 0 Å². The Kier molecular flexibility index (Phi) is 4.31. The minimum absolute atomic E-state index is 0.131. The molecule has 0 bridgehead atoms. The largest absolute Gasteiger partial charge is 0.384 e. The lowest BCUT2D eigenvalue weighted by Crippen LogP contribution is -2.36. The van der Waals surface area contributed by atoms with Gasteiger partial charge in [0.15, 0.2) is 0 Å². The van der Waals surface area contributed by atoms with Gasteiger partial charge in [0.2, 0.25) is 5.91 Å². The molecule has 0 saturated carbocycles. The van der Waals surface area contributed by atoms with Crippen LogP contribution in [0.4, 0.5) is 0 Å². The average molecular weight is 306 g/mol. The maximum Gasteiger partial charge on any atom is 0.227 e. The van der Waals surface area contributed by atoms with E-state index < -0.39 is 0 Å². The highest BCUT2D eigenvalue weighted by molar-refractivity contribution is 7.07. The molecule has 1 amide bonds. The van der Waals surface area contributed by atoms with Gasteiger partial charge in [-0.3, -0.25) is 4.79 Å². The normalized spacial score (nSPS) is 18.3. The highest BCUT2D eigenvalue weighted by Crippen LogP contribution is 2.16. The number of carbonyl (C=O) groups excluding carboxylic acids is 1. The third-order valence-corrected chi connectivity index (χ3v) is 4.36. The molecule has 0 spiro atoms. The van der Waals surface area contributed by atoms with Crippen molar-refractivity contribution in [1.29, 1.82) is 0 Å². The molecule has 3 rings (SSSR count). The number of hydrogen-bond donors (Lipinski definition) is 0. The van der Waals surface area contributed by atoms with Gasteiger partial charge >= 0.3 is 0 Å². The van der Waals surface area contributed by atoms with E-state index in [1.807, 2.05) is 26.4 Å². The fraction of sp³-hybridized carbons (Fsp3) is 0.500. The Morgan fingerprint density at radius 2 is 2.43 bits per heavy atom. The summed E-state index contributed by atoms with van der Waals surface area (Å²) in [4.78, 5) is 18.7. The van der Waals surface area contributed by atoms with E-state index in [-0.39, 0.29) is 11.8 Å². The maximum atomic E-state index is 12.5. The van der Waals surface area contributed by atoms with Crippen LogP contribution in [0.1, 0.15) is 11.4 Å². The number of rotatable bonds is 4. The highest BCUT2D eigenvalue weighted by atomic mass is 32.1. The van der Waals surface area contributed by atoms with Gasteiger partial charge in [-0.2, -0.15) is 16.4 Å². The molecular formula is C14H18N4O2S. The zero-order chi connectivity index (χ0) is 14.7. The lowest BCUT2D eigenvalue weighted by Gasteiger charge is -2.23. The molecule has 112 valence electrons. The molecule has 0 radical (unpaired) electrons. The van der Waals surface area contributed by atoms with Gasteiger partial charge in [-0.25, -0.2) is 9.67 Å². The van der Waals surface area contributed by atoms with Gasteiger partial charge in [0.1, 0.15) is 12.2 Å². The topological polar surface area (TPSA) is 60.2 Å². The van der Waals surface area contributed by atoms with E-state index in [0.717, 1.165) is 17.9 Å². The van der Waals surface area contributed by atoms with Crippen molar-refractivity contribution in [3.63, 3.8) is 0 Å². The second-order valence-electron chi connectivity index (χ2n) is 5.26. The zero-order valence-electron chi connectivity index (χ0n) is 11.9. The lowest BCUT2D eigenvalue weighted by atomic mass is 10.1. The van der Waals surface area contributed by atoms with Crippen molar-refractivity contribution in [2.75, 3.05) is 20.3 Å². The Hall–Kier alpha value is -1.73. The van der Waals surface area contributed by atoms with E-state index in [1.165, 1.54) is 0 Å². The first-order chi connectivity index (χ1) is 10.3. The summed E-state index contributed by atoms with van der Waals surface area (Å²) in [5, 5.41) is 8.25. The highest BCUT2D eigenvalue weighted by Gasteiger charge is 2.26. The SMILES string of the molecule is COC[C@@H]1CN(C(=O)Cc2ccsc2)Cc2ncnn2C1. The van der Waals surface area contributed by atoms with Crippen molar-refractivity contribution < 1.29 is 9.53 Å². The van der Waals surface area contributed by atoms with Gasteiger partial charge in [-0.15, -0.1) is 0 Å². The summed E-state index contributed by atoms with van der Waals surface area (Å²) in [5.41, 5.74) is 1.07. The quantitative estimate of drug-likeness (QED) is 0.851. The fourth-order valence-corrected chi connectivity index (χ4v) is 3.29. The Balaban J connectivity index is 1.75. The third-order valence-electron chi connectivity index (χ3n) is 3.63. The number of thiophene rings is 1. The Morgan fingerprint density at radius 1 is 1.52 bits per heavy atom. The van der Waals surface area contributed by atoms with Crippen molar-refractivity contribution in [2.45, 2.75) is 19.5 Å². The first-order valence-corrected chi connectivity index (χ1v) is 7.85. The Bertz CT molecular complexity index is 596. The van der Waals surface area contributed by atoms with E-state index in [2.05, 4.69) is 10.1 Å². The fourth-order valence-electron chi connectivity index (χ4n) is 2.62. The minimum atomic E-state index is 0.131. The van der Waals surface area contributed by atoms with Gasteiger partial charge in [0, 0.05) is 26.1 Å². The zero-order valence-corrected chi connectivity index (χ0v) is 12.8. The second kappa shape index (κ2) is 6.36. The van der Waals surface area contributed by atoms with E-state index in [0.29, 0.717) is 26.1 Å². The molecule has 3 heterocycles. The number of amides is 1. The molecule has 1 atom stereocenters. The monoisotopic (exact) mass is 306 g/mol. The van der Waals surface area contributed by atoms with Crippen LogP contribution in [0.25, 0.3) is 0 Å². The molecule has 7 heteroatoms. The molecule has 0 saturated heterocycles. The molecule has 2 aromatic heterocycles. The first kappa shape index (κ1) is 14.2. The van der Waals surface area contributed by atoms with Crippen molar-refractivity contribution in [1.82, 2.24) is 19.7 Å². The summed E-state index contributed by atoms with van der Waals surface area (Å²) < 4.78 is 7.14. The van der Waals surface area contributed by atoms with Crippen LogP contribution < -0.4 is 0 Å². The molecule has 1 aliphatic rings. The van der Waals surface area contributed by atoms with Crippen molar-refractivity contribution in [2.24, 2.45) is 5.92 Å². The van der Waals surface area contributed by atoms with E-state index in [4.69, 9.17) is 4.74 Å². The third kappa shape index (κ3) is 3.30. The van der Waals surface area contributed by atoms with Gasteiger partial charge in [-0.1, -0.05) is 0 Å². The van der Waals surface area contributed by atoms with Crippen molar-refractivity contribution >= 4 is 17.2 Å². The van der Waals surface area contributed by atoms with Crippen LogP contribution in [-0.4, -0.2) is 45.8 Å². The van der Waals surface area contributed by atoms with Crippen LogP contribution in [0.15, 0.2) is 23.2 Å². The van der Waals surface area contributed by atoms with Crippen LogP contribution in [0.2, 0.25) is 0 Å². The molecule has 0 N–H and O–H groups in total. The smallest absolute Gasteiger partial charge is 0.227 e. The van der Waals surface area contributed by atoms with Crippen LogP contribution in [-0.2, 0) is 29.0 Å².